The number of sulfonamides is 1. The number of amides is 1. The number of benzene rings is 2. The van der Waals surface area contributed by atoms with Crippen molar-refractivity contribution in [3.05, 3.63) is 64.1 Å². The highest BCUT2D eigenvalue weighted by molar-refractivity contribution is 9.10. The van der Waals surface area contributed by atoms with Gasteiger partial charge in [0.05, 0.1) is 4.90 Å². The van der Waals surface area contributed by atoms with Crippen LogP contribution >= 0.6 is 15.9 Å². The first-order valence-corrected chi connectivity index (χ1v) is 10.2. The van der Waals surface area contributed by atoms with E-state index in [2.05, 4.69) is 26.0 Å². The number of nitrogens with one attached hydrogen (secondary N) is 2. The smallest absolute Gasteiger partial charge is 0.240 e. The third-order valence-corrected chi connectivity index (χ3v) is 6.35. The lowest BCUT2D eigenvalue weighted by Gasteiger charge is -2.07. The van der Waals surface area contributed by atoms with E-state index in [1.54, 1.807) is 12.1 Å². The second kappa shape index (κ2) is 7.27. The van der Waals surface area contributed by atoms with Gasteiger partial charge >= 0.3 is 0 Å². The molecule has 2 aromatic rings. The van der Waals surface area contributed by atoms with Crippen LogP contribution in [0.4, 0.5) is 0 Å². The molecule has 0 saturated heterocycles. The summed E-state index contributed by atoms with van der Waals surface area (Å²) in [5, 5.41) is 2.93. The van der Waals surface area contributed by atoms with Gasteiger partial charge in [-0.3, -0.25) is 4.79 Å². The van der Waals surface area contributed by atoms with Crippen molar-refractivity contribution in [2.45, 2.75) is 23.8 Å². The number of carbonyl (C=O) groups excluding carboxylic acids is 1. The van der Waals surface area contributed by atoms with Gasteiger partial charge in [-0.2, -0.15) is 0 Å². The third-order valence-electron chi connectivity index (χ3n) is 4.39. The Morgan fingerprint density at radius 1 is 1.12 bits per heavy atom. The molecule has 0 radical (unpaired) electrons. The van der Waals surface area contributed by atoms with Crippen LogP contribution in [0.2, 0.25) is 0 Å². The first-order chi connectivity index (χ1) is 11.9. The lowest BCUT2D eigenvalue weighted by atomic mass is 10.1. The lowest BCUT2D eigenvalue weighted by Crippen LogP contribution is -2.25. The topological polar surface area (TPSA) is 75.3 Å². The number of halogens is 1. The minimum absolute atomic E-state index is 0.0186. The SMILES string of the molecule is CNS(=O)(=O)c1ccc(CNC(=O)C2CC2c2ccc(Br)cc2)cc1. The van der Waals surface area contributed by atoms with Crippen LogP contribution in [0.5, 0.6) is 0 Å². The number of hydrogen-bond donors (Lipinski definition) is 2. The Labute approximate surface area is 156 Å². The molecule has 2 aromatic carbocycles. The molecule has 1 amide bonds. The van der Waals surface area contributed by atoms with Crippen molar-refractivity contribution in [3.63, 3.8) is 0 Å². The van der Waals surface area contributed by atoms with Crippen molar-refractivity contribution in [1.82, 2.24) is 10.0 Å². The van der Waals surface area contributed by atoms with E-state index >= 15 is 0 Å². The van der Waals surface area contributed by atoms with Crippen LogP contribution in [0.25, 0.3) is 0 Å². The zero-order valence-corrected chi connectivity index (χ0v) is 16.1. The van der Waals surface area contributed by atoms with Gasteiger partial charge in [-0.25, -0.2) is 13.1 Å². The van der Waals surface area contributed by atoms with Gasteiger partial charge in [-0.1, -0.05) is 40.2 Å². The second-order valence-electron chi connectivity index (χ2n) is 6.07. The fourth-order valence-corrected chi connectivity index (χ4v) is 3.78. The monoisotopic (exact) mass is 422 g/mol. The van der Waals surface area contributed by atoms with Crippen molar-refractivity contribution in [2.24, 2.45) is 5.92 Å². The molecule has 0 spiro atoms. The maximum atomic E-state index is 12.3. The van der Waals surface area contributed by atoms with Crippen LogP contribution < -0.4 is 10.0 Å². The highest BCUT2D eigenvalue weighted by Gasteiger charge is 2.43. The second-order valence-corrected chi connectivity index (χ2v) is 8.87. The molecule has 7 heteroatoms. The molecule has 132 valence electrons. The fourth-order valence-electron chi connectivity index (χ4n) is 2.79. The lowest BCUT2D eigenvalue weighted by molar-refractivity contribution is -0.122. The predicted octanol–water partition coefficient (Wildman–Crippen LogP) is 2.78. The van der Waals surface area contributed by atoms with Gasteiger partial charge in [0.25, 0.3) is 0 Å². The Balaban J connectivity index is 1.54. The molecule has 2 N–H and O–H groups in total. The van der Waals surface area contributed by atoms with Gasteiger partial charge in [0.2, 0.25) is 15.9 Å². The Morgan fingerprint density at radius 2 is 1.76 bits per heavy atom. The van der Waals surface area contributed by atoms with Crippen LogP contribution in [-0.2, 0) is 21.4 Å². The van der Waals surface area contributed by atoms with Gasteiger partial charge in [-0.05, 0) is 54.8 Å². The van der Waals surface area contributed by atoms with Gasteiger partial charge in [0, 0.05) is 16.9 Å². The third kappa shape index (κ3) is 4.29. The average molecular weight is 423 g/mol. The molecule has 0 aliphatic heterocycles. The van der Waals surface area contributed by atoms with Crippen molar-refractivity contribution in [2.75, 3.05) is 7.05 Å². The number of carbonyl (C=O) groups is 1. The van der Waals surface area contributed by atoms with E-state index in [1.165, 1.54) is 24.7 Å². The highest BCUT2D eigenvalue weighted by Crippen LogP contribution is 2.47. The summed E-state index contributed by atoms with van der Waals surface area (Å²) >= 11 is 3.41. The number of rotatable bonds is 6. The van der Waals surface area contributed by atoms with E-state index in [0.29, 0.717) is 6.54 Å². The first-order valence-electron chi connectivity index (χ1n) is 7.96. The minimum atomic E-state index is -3.43. The predicted molar refractivity (Wildman–Crippen MR) is 99.5 cm³/mol. The van der Waals surface area contributed by atoms with E-state index in [0.717, 1.165) is 16.5 Å². The first kappa shape index (κ1) is 18.1. The molecule has 1 fully saturated rings. The molecule has 2 unspecified atom stereocenters. The van der Waals surface area contributed by atoms with E-state index in [4.69, 9.17) is 0 Å². The molecule has 0 heterocycles. The van der Waals surface area contributed by atoms with Crippen molar-refractivity contribution < 1.29 is 13.2 Å². The molecule has 1 aliphatic rings. The molecule has 5 nitrogen and oxygen atoms in total. The zero-order valence-electron chi connectivity index (χ0n) is 13.7. The number of hydrogen-bond acceptors (Lipinski definition) is 3. The van der Waals surface area contributed by atoms with Gasteiger partial charge in [-0.15, -0.1) is 0 Å². The minimum Gasteiger partial charge on any atom is -0.352 e. The summed E-state index contributed by atoms with van der Waals surface area (Å²) in [4.78, 5) is 12.5. The maximum absolute atomic E-state index is 12.3. The summed E-state index contributed by atoms with van der Waals surface area (Å²) < 4.78 is 26.7. The van der Waals surface area contributed by atoms with Gasteiger partial charge < -0.3 is 5.32 Å². The Bertz CT molecular complexity index is 864. The molecule has 0 aromatic heterocycles. The van der Waals surface area contributed by atoms with Crippen LogP contribution in [0.15, 0.2) is 57.9 Å². The Hall–Kier alpha value is -1.70. The molecule has 1 aliphatic carbocycles. The molecule has 1 saturated carbocycles. The molecular weight excluding hydrogens is 404 g/mol. The largest absolute Gasteiger partial charge is 0.352 e. The summed E-state index contributed by atoms with van der Waals surface area (Å²) in [7, 11) is -2.06. The zero-order chi connectivity index (χ0) is 18.0. The van der Waals surface area contributed by atoms with Gasteiger partial charge in [0.15, 0.2) is 0 Å². The van der Waals surface area contributed by atoms with Crippen LogP contribution in [0.3, 0.4) is 0 Å². The quantitative estimate of drug-likeness (QED) is 0.751. The highest BCUT2D eigenvalue weighted by atomic mass is 79.9. The van der Waals surface area contributed by atoms with Crippen molar-refractivity contribution >= 4 is 31.9 Å². The Kier molecular flexibility index (Phi) is 5.27. The molecule has 25 heavy (non-hydrogen) atoms. The summed E-state index contributed by atoms with van der Waals surface area (Å²) in [5.74, 6) is 0.348. The van der Waals surface area contributed by atoms with E-state index in [1.807, 2.05) is 24.3 Å². The standard InChI is InChI=1S/C18H19BrN2O3S/c1-20-25(23,24)15-8-2-12(3-9-15)11-21-18(22)17-10-16(17)13-4-6-14(19)7-5-13/h2-9,16-17,20H,10-11H2,1H3,(H,21,22). The van der Waals surface area contributed by atoms with Crippen LogP contribution in [0, 0.1) is 5.92 Å². The molecule has 3 rings (SSSR count). The fraction of sp³-hybridized carbons (Fsp3) is 0.278. The maximum Gasteiger partial charge on any atom is 0.240 e. The van der Waals surface area contributed by atoms with Gasteiger partial charge in [0.1, 0.15) is 0 Å². The van der Waals surface area contributed by atoms with E-state index in [9.17, 15) is 13.2 Å². The summed E-state index contributed by atoms with van der Waals surface area (Å²) in [5.41, 5.74) is 2.05. The summed E-state index contributed by atoms with van der Waals surface area (Å²) in [6, 6.07) is 14.6. The van der Waals surface area contributed by atoms with E-state index < -0.39 is 10.0 Å². The summed E-state index contributed by atoms with van der Waals surface area (Å²) in [6.07, 6.45) is 0.868. The van der Waals surface area contributed by atoms with Crippen molar-refractivity contribution in [1.29, 1.82) is 0 Å². The van der Waals surface area contributed by atoms with Crippen LogP contribution in [0.1, 0.15) is 23.5 Å². The molecule has 0 bridgehead atoms. The summed E-state index contributed by atoms with van der Waals surface area (Å²) in [6.45, 7) is 0.391. The normalized spacial score (nSPS) is 19.4. The molecule has 2 atom stereocenters. The Morgan fingerprint density at radius 3 is 2.36 bits per heavy atom. The van der Waals surface area contributed by atoms with Crippen molar-refractivity contribution in [3.8, 4) is 0 Å². The van der Waals surface area contributed by atoms with Crippen LogP contribution in [-0.4, -0.2) is 21.4 Å². The average Bonchev–Trinajstić information content (AvgIpc) is 3.41. The molecular formula is C18H19BrN2O3S. The van der Waals surface area contributed by atoms with E-state index in [-0.39, 0.29) is 22.6 Å².